The lowest BCUT2D eigenvalue weighted by Gasteiger charge is -2.37. The number of rotatable bonds is 8. The molecule has 0 radical (unpaired) electrons. The number of aromatic nitrogens is 3. The number of fused-ring (bicyclic) bond motifs is 1. The average Bonchev–Trinajstić information content (AvgIpc) is 3.39. The van der Waals surface area contributed by atoms with Gasteiger partial charge in [-0.1, -0.05) is 0 Å². The number of hydrogen-bond donors (Lipinski definition) is 3. The Kier molecular flexibility index (Phi) is 8.66. The number of H-pyrrole nitrogens is 1. The summed E-state index contributed by atoms with van der Waals surface area (Å²) >= 11 is 0. The van der Waals surface area contributed by atoms with Crippen molar-refractivity contribution in [2.75, 3.05) is 32.1 Å². The molecular weight excluding hydrogens is 569 g/mol. The number of hydrogen-bond acceptors (Lipinski definition) is 8. The SMILES string of the molecule is CCOC(=O)N1CCC(NC(=O)c2cc(Oc3ccc4nc(Nc5ccc(C(F)(F)F)cc5)[nH]c4c3)ccn2)C(OC)C1. The minimum absolute atomic E-state index is 0.144. The lowest BCUT2D eigenvalue weighted by atomic mass is 10.0. The summed E-state index contributed by atoms with van der Waals surface area (Å²) in [6.07, 6.45) is -3.30. The Balaban J connectivity index is 1.22. The smallest absolute Gasteiger partial charge is 0.416 e. The van der Waals surface area contributed by atoms with Gasteiger partial charge >= 0.3 is 12.3 Å². The van der Waals surface area contributed by atoms with Crippen molar-refractivity contribution in [3.05, 3.63) is 72.1 Å². The molecule has 2 aromatic heterocycles. The van der Waals surface area contributed by atoms with Crippen LogP contribution in [-0.4, -0.2) is 70.8 Å². The zero-order valence-electron chi connectivity index (χ0n) is 23.3. The fraction of sp³-hybridized carbons (Fsp3) is 0.310. The van der Waals surface area contributed by atoms with Crippen molar-refractivity contribution in [3.63, 3.8) is 0 Å². The summed E-state index contributed by atoms with van der Waals surface area (Å²) in [6.45, 7) is 2.71. The van der Waals surface area contributed by atoms with Crippen LogP contribution < -0.4 is 15.4 Å². The third-order valence-corrected chi connectivity index (χ3v) is 6.83. The van der Waals surface area contributed by atoms with E-state index >= 15 is 0 Å². The highest BCUT2D eigenvalue weighted by molar-refractivity contribution is 5.93. The third-order valence-electron chi connectivity index (χ3n) is 6.83. The van der Waals surface area contributed by atoms with E-state index in [1.54, 1.807) is 36.1 Å². The van der Waals surface area contributed by atoms with Crippen LogP contribution in [0.25, 0.3) is 11.0 Å². The first-order valence-corrected chi connectivity index (χ1v) is 13.5. The van der Waals surface area contributed by atoms with E-state index in [4.69, 9.17) is 14.2 Å². The minimum Gasteiger partial charge on any atom is -0.457 e. The van der Waals surface area contributed by atoms with Gasteiger partial charge in [0.1, 0.15) is 17.2 Å². The number of aromatic amines is 1. The lowest BCUT2D eigenvalue weighted by Crippen LogP contribution is -2.56. The first kappa shape index (κ1) is 29.6. The monoisotopic (exact) mass is 598 g/mol. The summed E-state index contributed by atoms with van der Waals surface area (Å²) in [5, 5.41) is 5.89. The largest absolute Gasteiger partial charge is 0.457 e. The second-order valence-corrected chi connectivity index (χ2v) is 9.73. The van der Waals surface area contributed by atoms with E-state index in [0.29, 0.717) is 47.1 Å². The summed E-state index contributed by atoms with van der Waals surface area (Å²) in [5.74, 6) is 0.769. The normalized spacial score (nSPS) is 17.0. The Hall–Kier alpha value is -4.85. The number of anilines is 2. The topological polar surface area (TPSA) is 131 Å². The van der Waals surface area contributed by atoms with Gasteiger partial charge < -0.3 is 34.7 Å². The zero-order valence-corrected chi connectivity index (χ0v) is 23.3. The first-order chi connectivity index (χ1) is 20.6. The van der Waals surface area contributed by atoms with E-state index in [9.17, 15) is 22.8 Å². The fourth-order valence-electron chi connectivity index (χ4n) is 4.67. The number of halogens is 3. The molecule has 1 aliphatic rings. The van der Waals surface area contributed by atoms with Gasteiger partial charge in [0.15, 0.2) is 0 Å². The Morgan fingerprint density at radius 3 is 2.58 bits per heavy atom. The number of amides is 2. The average molecular weight is 599 g/mol. The standard InChI is InChI=1S/C29H29F3N6O5/c1-3-42-28(40)38-13-11-22(25(16-38)41-2)35-26(39)24-15-20(10-12-33-24)43-19-8-9-21-23(14-19)37-27(36-21)34-18-6-4-17(5-7-18)29(30,31)32/h4-10,12,14-15,22,25H,3,11,13,16H2,1-2H3,(H,35,39)(H2,34,36,37). The molecule has 14 heteroatoms. The van der Waals surface area contributed by atoms with Crippen LogP contribution in [0.2, 0.25) is 0 Å². The number of nitrogens with zero attached hydrogens (tertiary/aromatic N) is 3. The molecule has 0 saturated carbocycles. The molecule has 2 unspecified atom stereocenters. The van der Waals surface area contributed by atoms with Crippen molar-refractivity contribution in [1.82, 2.24) is 25.2 Å². The number of pyridine rings is 1. The maximum Gasteiger partial charge on any atom is 0.416 e. The van der Waals surface area contributed by atoms with Crippen LogP contribution in [0.1, 0.15) is 29.4 Å². The quantitative estimate of drug-likeness (QED) is 0.243. The van der Waals surface area contributed by atoms with Gasteiger partial charge in [0.25, 0.3) is 5.91 Å². The van der Waals surface area contributed by atoms with Gasteiger partial charge in [-0.05, 0) is 55.8 Å². The summed E-state index contributed by atoms with van der Waals surface area (Å²) in [4.78, 5) is 38.3. The van der Waals surface area contributed by atoms with Crippen LogP contribution in [0.3, 0.4) is 0 Å². The highest BCUT2D eigenvalue weighted by atomic mass is 19.4. The van der Waals surface area contributed by atoms with E-state index in [-0.39, 0.29) is 24.9 Å². The van der Waals surface area contributed by atoms with Crippen molar-refractivity contribution >= 4 is 34.7 Å². The molecule has 5 rings (SSSR count). The van der Waals surface area contributed by atoms with Gasteiger partial charge in [-0.3, -0.25) is 9.78 Å². The molecule has 1 fully saturated rings. The van der Waals surface area contributed by atoms with Crippen LogP contribution in [0.5, 0.6) is 11.5 Å². The Morgan fingerprint density at radius 2 is 1.86 bits per heavy atom. The molecule has 3 heterocycles. The molecule has 0 spiro atoms. The summed E-state index contributed by atoms with van der Waals surface area (Å²) in [5.41, 5.74) is 1.08. The van der Waals surface area contributed by atoms with Crippen molar-refractivity contribution < 1.29 is 37.0 Å². The molecule has 0 aliphatic carbocycles. The van der Waals surface area contributed by atoms with E-state index in [1.165, 1.54) is 31.5 Å². The maximum atomic E-state index is 13.0. The number of ether oxygens (including phenoxy) is 3. The molecule has 0 bridgehead atoms. The Bertz CT molecular complexity index is 1590. The number of nitrogens with one attached hydrogen (secondary N) is 3. The number of benzene rings is 2. The zero-order chi connectivity index (χ0) is 30.6. The van der Waals surface area contributed by atoms with Gasteiger partial charge in [-0.15, -0.1) is 0 Å². The number of likely N-dealkylation sites (tertiary alicyclic amines) is 1. The van der Waals surface area contributed by atoms with Gasteiger partial charge in [0.2, 0.25) is 5.95 Å². The number of imidazole rings is 1. The van der Waals surface area contributed by atoms with Gasteiger partial charge in [0, 0.05) is 37.7 Å². The molecule has 2 atom stereocenters. The van der Waals surface area contributed by atoms with E-state index in [1.807, 2.05) is 0 Å². The molecule has 3 N–H and O–H groups in total. The predicted octanol–water partition coefficient (Wildman–Crippen LogP) is 5.49. The Morgan fingerprint density at radius 1 is 1.09 bits per heavy atom. The van der Waals surface area contributed by atoms with Crippen molar-refractivity contribution in [2.24, 2.45) is 0 Å². The highest BCUT2D eigenvalue weighted by Gasteiger charge is 2.33. The van der Waals surface area contributed by atoms with Crippen LogP contribution in [0.15, 0.2) is 60.8 Å². The Labute approximate surface area is 244 Å². The minimum atomic E-state index is -4.41. The van der Waals surface area contributed by atoms with Crippen molar-refractivity contribution in [2.45, 2.75) is 31.7 Å². The molecule has 2 amide bonds. The number of carbonyl (C=O) groups is 2. The van der Waals surface area contributed by atoms with Crippen LogP contribution in [-0.2, 0) is 15.7 Å². The van der Waals surface area contributed by atoms with Crippen molar-refractivity contribution in [1.29, 1.82) is 0 Å². The van der Waals surface area contributed by atoms with Gasteiger partial charge in [-0.2, -0.15) is 13.2 Å². The fourth-order valence-corrected chi connectivity index (χ4v) is 4.67. The van der Waals surface area contributed by atoms with E-state index in [0.717, 1.165) is 12.1 Å². The highest BCUT2D eigenvalue weighted by Crippen LogP contribution is 2.31. The second kappa shape index (κ2) is 12.6. The van der Waals surface area contributed by atoms with Gasteiger partial charge in [-0.25, -0.2) is 9.78 Å². The number of carbonyl (C=O) groups excluding carboxylic acids is 2. The first-order valence-electron chi connectivity index (χ1n) is 13.5. The van der Waals surface area contributed by atoms with Crippen LogP contribution in [0, 0.1) is 0 Å². The predicted molar refractivity (Wildman–Crippen MR) is 150 cm³/mol. The van der Waals surface area contributed by atoms with Crippen LogP contribution >= 0.6 is 0 Å². The van der Waals surface area contributed by atoms with Gasteiger partial charge in [0.05, 0.1) is 41.9 Å². The van der Waals surface area contributed by atoms with Crippen LogP contribution in [0.4, 0.5) is 29.6 Å². The molecule has 43 heavy (non-hydrogen) atoms. The maximum absolute atomic E-state index is 13.0. The molecule has 11 nitrogen and oxygen atoms in total. The molecule has 2 aromatic carbocycles. The summed E-state index contributed by atoms with van der Waals surface area (Å²) in [7, 11) is 1.52. The molecule has 4 aromatic rings. The number of methoxy groups -OCH3 is 1. The number of alkyl halides is 3. The molecule has 226 valence electrons. The summed E-state index contributed by atoms with van der Waals surface area (Å²) < 4.78 is 55.0. The lowest BCUT2D eigenvalue weighted by molar-refractivity contribution is -0.137. The molecule has 1 saturated heterocycles. The summed E-state index contributed by atoms with van der Waals surface area (Å²) in [6, 6.07) is 12.6. The molecular formula is C29H29F3N6O5. The second-order valence-electron chi connectivity index (χ2n) is 9.73. The number of piperidine rings is 1. The molecule has 1 aliphatic heterocycles. The van der Waals surface area contributed by atoms with E-state index < -0.39 is 29.8 Å². The van der Waals surface area contributed by atoms with Crippen molar-refractivity contribution in [3.8, 4) is 11.5 Å². The third kappa shape index (κ3) is 7.15. The van der Waals surface area contributed by atoms with E-state index in [2.05, 4.69) is 25.6 Å².